The fourth-order valence-electron chi connectivity index (χ4n) is 8.89. The average Bonchev–Trinajstić information content (AvgIpc) is 3.88. The van der Waals surface area contributed by atoms with Gasteiger partial charge in [0.25, 0.3) is 0 Å². The summed E-state index contributed by atoms with van der Waals surface area (Å²) in [4.78, 5) is 9.90. The number of benzene rings is 7. The van der Waals surface area contributed by atoms with Crippen LogP contribution in [-0.2, 0) is 26.5 Å². The molecule has 0 saturated heterocycles. The molecular weight excluding hydrogens is 999 g/mol. The van der Waals surface area contributed by atoms with Crippen LogP contribution in [0.4, 0.5) is 0 Å². The van der Waals surface area contributed by atoms with E-state index in [1.807, 2.05) is 63.4 Å². The molecule has 0 N–H and O–H groups in total. The minimum Gasteiger partial charge on any atom is -0.501 e. The number of furan rings is 1. The number of rotatable bonds is 8. The molecule has 0 atom stereocenters. The van der Waals surface area contributed by atoms with Crippen LogP contribution in [0, 0.1) is 17.5 Å². The molecule has 0 fully saturated rings. The van der Waals surface area contributed by atoms with Gasteiger partial charge in [-0.3, -0.25) is 4.98 Å². The molecule has 3 aromatic heterocycles. The minimum atomic E-state index is -1.70. The molecule has 7 aromatic carbocycles. The molecular formula is C60H59IrN3OSi-2. The monoisotopic (exact) mass is 1060 g/mol. The Bertz CT molecular complexity index is 3390. The number of pyridine rings is 1. The van der Waals surface area contributed by atoms with E-state index in [2.05, 4.69) is 178 Å². The van der Waals surface area contributed by atoms with Crippen molar-refractivity contribution < 1.29 is 27.3 Å². The number of fused-ring (bicyclic) bond motifs is 5. The second kappa shape index (κ2) is 18.8. The van der Waals surface area contributed by atoms with Crippen LogP contribution < -0.4 is 5.19 Å². The Hall–Kier alpha value is -5.91. The molecule has 0 bridgehead atoms. The van der Waals surface area contributed by atoms with Crippen LogP contribution in [0.25, 0.3) is 83.2 Å². The van der Waals surface area contributed by atoms with Gasteiger partial charge in [0.15, 0.2) is 0 Å². The van der Waals surface area contributed by atoms with E-state index < -0.39 is 19.9 Å². The zero-order valence-electron chi connectivity index (χ0n) is 41.7. The summed E-state index contributed by atoms with van der Waals surface area (Å²) < 4.78 is 26.5. The third-order valence-corrected chi connectivity index (χ3v) is 14.0. The third-order valence-electron chi connectivity index (χ3n) is 12.0. The van der Waals surface area contributed by atoms with Crippen molar-refractivity contribution in [3.05, 3.63) is 181 Å². The predicted molar refractivity (Wildman–Crippen MR) is 278 cm³/mol. The molecule has 335 valence electrons. The SMILES string of the molecule is CC(C)c1cc(-c2ccccc2)cc(C(C)C)c1-n1c(-c2[c-]ccc3c2oc2cc4ccccc4cc23)nc2ccccc21.[2H]C([2H])(c1cc(-c2[c-]cccc2)ncc1[Si](C)(C)C)C(C)(C)C.[Ir]. The molecule has 10 rings (SSSR count). The summed E-state index contributed by atoms with van der Waals surface area (Å²) in [5.41, 5.74) is 12.8. The Balaban J connectivity index is 0.000000222. The third kappa shape index (κ3) is 9.38. The van der Waals surface area contributed by atoms with Crippen molar-refractivity contribution in [2.45, 2.75) is 86.3 Å². The van der Waals surface area contributed by atoms with Gasteiger partial charge in [-0.15, -0.1) is 54.1 Å². The van der Waals surface area contributed by atoms with E-state index in [0.717, 1.165) is 66.4 Å². The normalized spacial score (nSPS) is 12.7. The Kier molecular flexibility index (Phi) is 12.5. The Morgan fingerprint density at radius 3 is 2.00 bits per heavy atom. The first-order valence-electron chi connectivity index (χ1n) is 23.9. The van der Waals surface area contributed by atoms with Gasteiger partial charge in [0.2, 0.25) is 0 Å². The van der Waals surface area contributed by atoms with Gasteiger partial charge in [0.05, 0.1) is 30.5 Å². The first-order valence-corrected chi connectivity index (χ1v) is 26.4. The molecule has 10 aromatic rings. The maximum absolute atomic E-state index is 8.75. The topological polar surface area (TPSA) is 43.9 Å². The predicted octanol–water partition coefficient (Wildman–Crippen LogP) is 16.1. The molecule has 0 unspecified atom stereocenters. The van der Waals surface area contributed by atoms with Crippen molar-refractivity contribution in [3.8, 4) is 39.5 Å². The van der Waals surface area contributed by atoms with Gasteiger partial charge in [0.1, 0.15) is 5.58 Å². The summed E-state index contributed by atoms with van der Waals surface area (Å²) in [5.74, 6) is 1.42. The second-order valence-electron chi connectivity index (χ2n) is 19.8. The molecule has 0 saturated carbocycles. The molecule has 0 aliphatic rings. The molecule has 0 aliphatic carbocycles. The quantitative estimate of drug-likeness (QED) is 0.113. The number of hydrogen-bond donors (Lipinski definition) is 0. The fraction of sp³-hybridized carbons (Fsp3) is 0.233. The summed E-state index contributed by atoms with van der Waals surface area (Å²) >= 11 is 0. The number of hydrogen-bond acceptors (Lipinski definition) is 3. The van der Waals surface area contributed by atoms with Crippen molar-refractivity contribution in [3.63, 3.8) is 0 Å². The van der Waals surface area contributed by atoms with Crippen molar-refractivity contribution >= 4 is 57.0 Å². The zero-order valence-corrected chi connectivity index (χ0v) is 43.1. The summed E-state index contributed by atoms with van der Waals surface area (Å²) in [7, 11) is -1.70. The van der Waals surface area contributed by atoms with E-state index in [1.54, 1.807) is 0 Å². The largest absolute Gasteiger partial charge is 0.501 e. The summed E-state index contributed by atoms with van der Waals surface area (Å²) in [5, 5.41) is 5.64. The van der Waals surface area contributed by atoms with E-state index >= 15 is 0 Å². The van der Waals surface area contributed by atoms with Gasteiger partial charge in [-0.05, 0) is 104 Å². The molecule has 6 heteroatoms. The molecule has 0 amide bonds. The molecule has 66 heavy (non-hydrogen) atoms. The fourth-order valence-corrected chi connectivity index (χ4v) is 10.3. The summed E-state index contributed by atoms with van der Waals surface area (Å²) in [6.45, 7) is 21.7. The minimum absolute atomic E-state index is 0. The molecule has 0 aliphatic heterocycles. The van der Waals surface area contributed by atoms with Crippen LogP contribution in [0.1, 0.15) is 79.7 Å². The Morgan fingerprint density at radius 1 is 0.697 bits per heavy atom. The van der Waals surface area contributed by atoms with Crippen molar-refractivity contribution in [1.82, 2.24) is 14.5 Å². The Labute approximate surface area is 408 Å². The van der Waals surface area contributed by atoms with Crippen molar-refractivity contribution in [1.29, 1.82) is 0 Å². The number of nitrogens with zero attached hydrogens (tertiary/aromatic N) is 3. The molecule has 1 radical (unpaired) electrons. The van der Waals surface area contributed by atoms with Crippen LogP contribution in [-0.4, -0.2) is 22.6 Å². The van der Waals surface area contributed by atoms with Crippen molar-refractivity contribution in [2.24, 2.45) is 5.41 Å². The molecule has 0 spiro atoms. The van der Waals surface area contributed by atoms with E-state index in [1.165, 1.54) is 38.7 Å². The van der Waals surface area contributed by atoms with Crippen LogP contribution in [0.3, 0.4) is 0 Å². The van der Waals surface area contributed by atoms with Gasteiger partial charge in [-0.1, -0.05) is 157 Å². The van der Waals surface area contributed by atoms with Gasteiger partial charge in [-0.25, -0.2) is 0 Å². The van der Waals surface area contributed by atoms with Gasteiger partial charge in [0, 0.05) is 40.1 Å². The van der Waals surface area contributed by atoms with Crippen LogP contribution in [0.2, 0.25) is 19.6 Å². The first kappa shape index (κ1) is 44.0. The zero-order chi connectivity index (χ0) is 47.4. The molecule has 3 heterocycles. The maximum Gasteiger partial charge on any atom is 0.121 e. The molecule has 4 nitrogen and oxygen atoms in total. The van der Waals surface area contributed by atoms with Crippen LogP contribution in [0.15, 0.2) is 156 Å². The smallest absolute Gasteiger partial charge is 0.121 e. The average molecular weight is 1060 g/mol. The Morgan fingerprint density at radius 2 is 1.35 bits per heavy atom. The first-order chi connectivity index (χ1) is 31.9. The van der Waals surface area contributed by atoms with Crippen LogP contribution >= 0.6 is 0 Å². The van der Waals surface area contributed by atoms with E-state index in [0.29, 0.717) is 11.8 Å². The van der Waals surface area contributed by atoms with Crippen molar-refractivity contribution in [2.75, 3.05) is 0 Å². The van der Waals surface area contributed by atoms with E-state index in [-0.39, 0.29) is 20.1 Å². The number of aromatic nitrogens is 3. The van der Waals surface area contributed by atoms with Gasteiger partial charge < -0.3 is 14.0 Å². The van der Waals surface area contributed by atoms with Gasteiger partial charge in [-0.2, -0.15) is 0 Å². The standard InChI is InChI=1S/C41H33N2O.C19H26NSi.Ir/c1-25(2)33-22-30(27-13-6-5-7-14-27)23-34(26(3)4)39(33)43-37-20-11-10-19-36(37)42-41(43)32-18-12-17-31-35-21-28-15-8-9-16-29(28)24-38(35)44-40(31)32;1-19(2,3)13-16-12-17(15-10-8-7-9-11-15)20-14-18(16)21(4,5)6;/h5-17,19-26H,1-4H3;7-10,12,14H,13H2,1-6H3;/q2*-1;/i;13D2;. The van der Waals surface area contributed by atoms with E-state index in [9.17, 15) is 0 Å². The number of imidazole rings is 1. The van der Waals surface area contributed by atoms with E-state index in [4.69, 9.17) is 12.1 Å². The maximum atomic E-state index is 8.75. The number of para-hydroxylation sites is 2. The van der Waals surface area contributed by atoms with Gasteiger partial charge >= 0.3 is 0 Å². The second-order valence-corrected chi connectivity index (χ2v) is 24.9. The van der Waals surface area contributed by atoms with Crippen LogP contribution in [0.5, 0.6) is 0 Å². The summed E-state index contributed by atoms with van der Waals surface area (Å²) in [6.07, 6.45) is 0.469. The summed E-state index contributed by atoms with van der Waals surface area (Å²) in [6, 6.07) is 57.2.